The maximum absolute atomic E-state index is 13.4. The van der Waals surface area contributed by atoms with Crippen LogP contribution >= 0.6 is 0 Å². The number of ether oxygens (including phenoxy) is 1. The fourth-order valence-electron chi connectivity index (χ4n) is 5.00. The second-order valence-corrected chi connectivity index (χ2v) is 11.4. The molecule has 6 nitrogen and oxygen atoms in total. The molecule has 1 aliphatic rings. The average molecular weight is 503 g/mol. The highest BCUT2D eigenvalue weighted by atomic mass is 32.2. The van der Waals surface area contributed by atoms with Gasteiger partial charge in [-0.25, -0.2) is 8.42 Å². The molecule has 0 spiro atoms. The van der Waals surface area contributed by atoms with Crippen molar-refractivity contribution in [2.24, 2.45) is 0 Å². The monoisotopic (exact) mass is 502 g/mol. The smallest absolute Gasteiger partial charge is 0.243 e. The molecule has 7 heteroatoms. The van der Waals surface area contributed by atoms with Gasteiger partial charge in [0.25, 0.3) is 0 Å². The van der Waals surface area contributed by atoms with Gasteiger partial charge in [0.05, 0.1) is 17.5 Å². The van der Waals surface area contributed by atoms with Crippen LogP contribution in [-0.4, -0.2) is 42.8 Å². The Kier molecular flexibility index (Phi) is 6.69. The van der Waals surface area contributed by atoms with Crippen molar-refractivity contribution in [3.63, 3.8) is 0 Å². The fourth-order valence-corrected chi connectivity index (χ4v) is 6.50. The van der Waals surface area contributed by atoms with Crippen LogP contribution < -0.4 is 4.74 Å². The van der Waals surface area contributed by atoms with Crippen LogP contribution in [0.2, 0.25) is 0 Å². The predicted octanol–water partition coefficient (Wildman–Crippen LogP) is 5.47. The number of nitrogens with zero attached hydrogens (tertiary/aromatic N) is 2. The first-order chi connectivity index (χ1) is 17.4. The van der Waals surface area contributed by atoms with Gasteiger partial charge in [0.15, 0.2) is 0 Å². The van der Waals surface area contributed by atoms with Crippen molar-refractivity contribution in [1.29, 1.82) is 0 Å². The van der Waals surface area contributed by atoms with E-state index in [-0.39, 0.29) is 23.5 Å². The molecule has 0 bridgehead atoms. The second kappa shape index (κ2) is 9.91. The standard InChI is InChI=1S/C29H30N2O4S/c1-21(2)35-25-9-11-26(12-10-25)36(33,34)31-15-14-24(19-31)28-20-30(16-17-32)29-18-23(8-13-27(28)29)22-6-4-3-5-7-22/h3-13,17-18,20-21,24H,14-16,19H2,1-2H3. The first kappa shape index (κ1) is 24.3. The lowest BCUT2D eigenvalue weighted by molar-refractivity contribution is -0.108. The van der Waals surface area contributed by atoms with E-state index in [2.05, 4.69) is 30.3 Å². The molecule has 0 N–H and O–H groups in total. The molecule has 1 unspecified atom stereocenters. The van der Waals surface area contributed by atoms with Gasteiger partial charge in [0.2, 0.25) is 10.0 Å². The number of carbonyl (C=O) groups is 1. The van der Waals surface area contributed by atoms with Crippen molar-refractivity contribution in [2.75, 3.05) is 13.1 Å². The molecule has 1 atom stereocenters. The summed E-state index contributed by atoms with van der Waals surface area (Å²) in [5.41, 5.74) is 4.27. The van der Waals surface area contributed by atoms with Gasteiger partial charge in [-0.15, -0.1) is 0 Å². The van der Waals surface area contributed by atoms with Gasteiger partial charge in [0.1, 0.15) is 12.0 Å². The quantitative estimate of drug-likeness (QED) is 0.300. The van der Waals surface area contributed by atoms with Crippen molar-refractivity contribution in [3.8, 4) is 16.9 Å². The minimum absolute atomic E-state index is 0.0249. The summed E-state index contributed by atoms with van der Waals surface area (Å²) in [4.78, 5) is 11.7. The molecule has 0 saturated carbocycles. The Morgan fingerprint density at radius 3 is 2.44 bits per heavy atom. The van der Waals surface area contributed by atoms with Crippen LogP contribution in [-0.2, 0) is 21.4 Å². The van der Waals surface area contributed by atoms with Crippen LogP contribution in [0.15, 0.2) is 83.9 Å². The maximum Gasteiger partial charge on any atom is 0.243 e. The van der Waals surface area contributed by atoms with E-state index < -0.39 is 10.0 Å². The zero-order chi connectivity index (χ0) is 25.3. The Morgan fingerprint density at radius 1 is 1.00 bits per heavy atom. The van der Waals surface area contributed by atoms with E-state index in [0.29, 0.717) is 18.8 Å². The van der Waals surface area contributed by atoms with Crippen LogP contribution in [0.4, 0.5) is 0 Å². The zero-order valence-electron chi connectivity index (χ0n) is 20.5. The Balaban J connectivity index is 1.42. The van der Waals surface area contributed by atoms with E-state index >= 15 is 0 Å². The van der Waals surface area contributed by atoms with Gasteiger partial charge in [-0.05, 0) is 67.3 Å². The molecule has 36 heavy (non-hydrogen) atoms. The summed E-state index contributed by atoms with van der Waals surface area (Å²) in [6.07, 6.45) is 3.68. The first-order valence-electron chi connectivity index (χ1n) is 12.3. The first-order valence-corrected chi connectivity index (χ1v) is 13.7. The maximum atomic E-state index is 13.4. The Labute approximate surface area is 212 Å². The highest BCUT2D eigenvalue weighted by molar-refractivity contribution is 7.89. The third kappa shape index (κ3) is 4.68. The van der Waals surface area contributed by atoms with Crippen molar-refractivity contribution in [1.82, 2.24) is 8.87 Å². The highest BCUT2D eigenvalue weighted by Crippen LogP contribution is 2.37. The predicted molar refractivity (Wildman–Crippen MR) is 142 cm³/mol. The van der Waals surface area contributed by atoms with E-state index in [9.17, 15) is 13.2 Å². The van der Waals surface area contributed by atoms with Crippen molar-refractivity contribution >= 4 is 27.2 Å². The molecule has 186 valence electrons. The molecule has 4 aromatic rings. The lowest BCUT2D eigenvalue weighted by atomic mass is 9.96. The number of benzene rings is 3. The molecule has 3 aromatic carbocycles. The summed E-state index contributed by atoms with van der Waals surface area (Å²) in [6, 6.07) is 23.1. The summed E-state index contributed by atoms with van der Waals surface area (Å²) in [5, 5.41) is 1.07. The molecular weight excluding hydrogens is 472 g/mol. The topological polar surface area (TPSA) is 68.6 Å². The van der Waals surface area contributed by atoms with Gasteiger partial charge in [-0.1, -0.05) is 42.5 Å². The highest BCUT2D eigenvalue weighted by Gasteiger charge is 2.34. The molecule has 0 aliphatic carbocycles. The van der Waals surface area contributed by atoms with Crippen molar-refractivity contribution < 1.29 is 17.9 Å². The normalized spacial score (nSPS) is 16.6. The summed E-state index contributed by atoms with van der Waals surface area (Å²) in [5.74, 6) is 0.711. The number of aldehydes is 1. The van der Waals surface area contributed by atoms with Gasteiger partial charge in [-0.2, -0.15) is 4.31 Å². The summed E-state index contributed by atoms with van der Waals surface area (Å²) in [7, 11) is -3.61. The van der Waals surface area contributed by atoms with E-state index in [1.54, 1.807) is 28.6 Å². The number of hydrogen-bond acceptors (Lipinski definition) is 4. The summed E-state index contributed by atoms with van der Waals surface area (Å²) in [6.45, 7) is 4.99. The minimum atomic E-state index is -3.61. The van der Waals surface area contributed by atoms with Crippen LogP contribution in [0.5, 0.6) is 5.75 Å². The fraction of sp³-hybridized carbons (Fsp3) is 0.276. The number of aromatic nitrogens is 1. The largest absolute Gasteiger partial charge is 0.491 e. The van der Waals surface area contributed by atoms with Gasteiger partial charge < -0.3 is 14.1 Å². The lowest BCUT2D eigenvalue weighted by Gasteiger charge is -2.17. The van der Waals surface area contributed by atoms with E-state index in [1.807, 2.05) is 42.8 Å². The van der Waals surface area contributed by atoms with E-state index in [4.69, 9.17) is 4.74 Å². The number of hydrogen-bond donors (Lipinski definition) is 0. The lowest BCUT2D eigenvalue weighted by Crippen LogP contribution is -2.28. The molecule has 1 aliphatic heterocycles. The SMILES string of the molecule is CC(C)Oc1ccc(S(=O)(=O)N2CCC(c3cn(CC=O)c4cc(-c5ccccc5)ccc34)C2)cc1. The molecule has 2 heterocycles. The molecule has 0 radical (unpaired) electrons. The number of carbonyl (C=O) groups excluding carboxylic acids is 1. The van der Waals surface area contributed by atoms with Crippen LogP contribution in [0.3, 0.4) is 0 Å². The number of rotatable bonds is 8. The van der Waals surface area contributed by atoms with Crippen LogP contribution in [0.1, 0.15) is 31.7 Å². The van der Waals surface area contributed by atoms with Gasteiger partial charge in [0, 0.05) is 36.1 Å². The Hall–Kier alpha value is -3.42. The molecular formula is C29H30N2O4S. The van der Waals surface area contributed by atoms with Gasteiger partial charge in [-0.3, -0.25) is 0 Å². The third-order valence-corrected chi connectivity index (χ3v) is 8.59. The third-order valence-electron chi connectivity index (χ3n) is 6.72. The zero-order valence-corrected chi connectivity index (χ0v) is 21.3. The molecule has 1 saturated heterocycles. The summed E-state index contributed by atoms with van der Waals surface area (Å²) >= 11 is 0. The van der Waals surface area contributed by atoms with Crippen molar-refractivity contribution in [3.05, 3.63) is 84.6 Å². The molecule has 1 aromatic heterocycles. The Morgan fingerprint density at radius 2 is 1.75 bits per heavy atom. The summed E-state index contributed by atoms with van der Waals surface area (Å²) < 4.78 is 35.9. The molecule has 0 amide bonds. The number of fused-ring (bicyclic) bond motifs is 1. The Bertz CT molecular complexity index is 1480. The second-order valence-electron chi connectivity index (χ2n) is 9.49. The van der Waals surface area contributed by atoms with Crippen LogP contribution in [0, 0.1) is 0 Å². The van der Waals surface area contributed by atoms with E-state index in [1.165, 1.54) is 0 Å². The minimum Gasteiger partial charge on any atom is -0.491 e. The number of sulfonamides is 1. The van der Waals surface area contributed by atoms with Crippen molar-refractivity contribution in [2.45, 2.75) is 43.7 Å². The molecule has 5 rings (SSSR count). The van der Waals surface area contributed by atoms with Gasteiger partial charge >= 0.3 is 0 Å². The molecule has 1 fully saturated rings. The average Bonchev–Trinajstić information content (AvgIpc) is 3.50. The van der Waals surface area contributed by atoms with Crippen LogP contribution in [0.25, 0.3) is 22.0 Å². The van der Waals surface area contributed by atoms with E-state index in [0.717, 1.165) is 40.3 Å².